The number of aliphatic hydroxyl groups excluding tert-OH is 1. The van der Waals surface area contributed by atoms with Crippen molar-refractivity contribution in [3.8, 4) is 0 Å². The molecule has 0 radical (unpaired) electrons. The van der Waals surface area contributed by atoms with Gasteiger partial charge in [0.25, 0.3) is 0 Å². The summed E-state index contributed by atoms with van der Waals surface area (Å²) in [6, 6.07) is 4.92. The van der Waals surface area contributed by atoms with Gasteiger partial charge in [0, 0.05) is 12.1 Å². The minimum Gasteiger partial charge on any atom is -0.395 e. The fourth-order valence-electron chi connectivity index (χ4n) is 2.61. The molecule has 0 fully saturated rings. The van der Waals surface area contributed by atoms with Crippen LogP contribution in [0, 0.1) is 20.8 Å². The Hall–Kier alpha value is -0.860. The smallest absolute Gasteiger partial charge is 0.0584 e. The number of nitrogens with one attached hydrogen (secondary N) is 1. The van der Waals surface area contributed by atoms with Gasteiger partial charge in [0.15, 0.2) is 0 Å². The van der Waals surface area contributed by atoms with Crippen molar-refractivity contribution in [3.63, 3.8) is 0 Å². The lowest BCUT2D eigenvalue weighted by Crippen LogP contribution is -2.34. The van der Waals surface area contributed by atoms with Crippen LogP contribution >= 0.6 is 0 Å². The number of aliphatic hydroxyl groups is 1. The average molecular weight is 235 g/mol. The van der Waals surface area contributed by atoms with Gasteiger partial charge in [-0.2, -0.15) is 0 Å². The van der Waals surface area contributed by atoms with E-state index in [9.17, 15) is 5.11 Å². The minimum atomic E-state index is 0.185. The summed E-state index contributed by atoms with van der Waals surface area (Å²) >= 11 is 0. The van der Waals surface area contributed by atoms with Crippen molar-refractivity contribution in [1.29, 1.82) is 0 Å². The summed E-state index contributed by atoms with van der Waals surface area (Å²) in [5, 5.41) is 12.7. The molecule has 0 aliphatic rings. The van der Waals surface area contributed by atoms with Gasteiger partial charge in [0.2, 0.25) is 0 Å². The summed E-state index contributed by atoms with van der Waals surface area (Å²) < 4.78 is 0. The molecular weight excluding hydrogens is 210 g/mol. The maximum absolute atomic E-state index is 9.24. The van der Waals surface area contributed by atoms with Crippen LogP contribution in [0.3, 0.4) is 0 Å². The third kappa shape index (κ3) is 3.55. The first-order chi connectivity index (χ1) is 7.99. The fourth-order valence-corrected chi connectivity index (χ4v) is 2.61. The molecule has 2 heteroatoms. The molecule has 0 saturated carbocycles. The molecule has 1 aromatic carbocycles. The van der Waals surface area contributed by atoms with Crippen LogP contribution in [-0.4, -0.2) is 17.8 Å². The zero-order chi connectivity index (χ0) is 13.0. The molecule has 0 aliphatic carbocycles. The first-order valence-electron chi connectivity index (χ1n) is 6.44. The Morgan fingerprint density at radius 3 is 2.12 bits per heavy atom. The van der Waals surface area contributed by atoms with Gasteiger partial charge in [-0.1, -0.05) is 24.6 Å². The molecule has 1 rings (SSSR count). The van der Waals surface area contributed by atoms with Crippen LogP contribution in [0.5, 0.6) is 0 Å². The van der Waals surface area contributed by atoms with Gasteiger partial charge in [0.05, 0.1) is 6.61 Å². The summed E-state index contributed by atoms with van der Waals surface area (Å²) in [4.78, 5) is 0. The maximum Gasteiger partial charge on any atom is 0.0584 e. The van der Waals surface area contributed by atoms with E-state index in [2.05, 4.69) is 52.1 Å². The van der Waals surface area contributed by atoms with Gasteiger partial charge >= 0.3 is 0 Å². The van der Waals surface area contributed by atoms with Crippen LogP contribution in [0.2, 0.25) is 0 Å². The Balaban J connectivity index is 2.92. The van der Waals surface area contributed by atoms with Crippen molar-refractivity contribution < 1.29 is 5.11 Å². The Labute approximate surface area is 105 Å². The molecule has 17 heavy (non-hydrogen) atoms. The van der Waals surface area contributed by atoms with Gasteiger partial charge in [0.1, 0.15) is 0 Å². The van der Waals surface area contributed by atoms with Gasteiger partial charge in [-0.15, -0.1) is 0 Å². The molecule has 0 aliphatic heterocycles. The van der Waals surface area contributed by atoms with Gasteiger partial charge < -0.3 is 10.4 Å². The largest absolute Gasteiger partial charge is 0.395 e. The topological polar surface area (TPSA) is 32.3 Å². The molecule has 0 spiro atoms. The molecule has 0 heterocycles. The van der Waals surface area contributed by atoms with E-state index in [0.717, 1.165) is 6.42 Å². The first kappa shape index (κ1) is 14.2. The molecule has 2 N–H and O–H groups in total. The molecule has 0 bridgehead atoms. The van der Waals surface area contributed by atoms with E-state index in [-0.39, 0.29) is 18.7 Å². The molecule has 0 amide bonds. The van der Waals surface area contributed by atoms with Crippen molar-refractivity contribution in [1.82, 2.24) is 5.32 Å². The summed E-state index contributed by atoms with van der Waals surface area (Å²) in [6.45, 7) is 10.9. The van der Waals surface area contributed by atoms with E-state index in [4.69, 9.17) is 0 Å². The minimum absolute atomic E-state index is 0.185. The van der Waals surface area contributed by atoms with E-state index in [1.165, 1.54) is 22.3 Å². The zero-order valence-electron chi connectivity index (χ0n) is 11.7. The predicted octanol–water partition coefficient (Wildman–Crippen LogP) is 3.03. The number of hydrogen-bond acceptors (Lipinski definition) is 2. The second-order valence-corrected chi connectivity index (χ2v) is 4.99. The van der Waals surface area contributed by atoms with E-state index in [0.29, 0.717) is 0 Å². The lowest BCUT2D eigenvalue weighted by atomic mass is 9.94. The third-order valence-electron chi connectivity index (χ3n) is 3.37. The van der Waals surface area contributed by atoms with Gasteiger partial charge in [-0.3, -0.25) is 0 Å². The van der Waals surface area contributed by atoms with Crippen molar-refractivity contribution in [3.05, 3.63) is 34.4 Å². The van der Waals surface area contributed by atoms with Crippen molar-refractivity contribution >= 4 is 0 Å². The molecule has 2 nitrogen and oxygen atoms in total. The molecule has 0 aromatic heterocycles. The number of hydrogen-bond donors (Lipinski definition) is 2. The van der Waals surface area contributed by atoms with Crippen LogP contribution in [0.4, 0.5) is 0 Å². The first-order valence-corrected chi connectivity index (χ1v) is 6.44. The summed E-state index contributed by atoms with van der Waals surface area (Å²) in [6.07, 6.45) is 0.949. The summed E-state index contributed by atoms with van der Waals surface area (Å²) in [7, 11) is 0. The Morgan fingerprint density at radius 1 is 1.18 bits per heavy atom. The predicted molar refractivity (Wildman–Crippen MR) is 73.4 cm³/mol. The Bertz CT molecular complexity index is 346. The van der Waals surface area contributed by atoms with E-state index in [1.807, 2.05) is 0 Å². The highest BCUT2D eigenvalue weighted by Crippen LogP contribution is 2.23. The fraction of sp³-hybridized carbons (Fsp3) is 0.600. The number of rotatable bonds is 5. The second kappa shape index (κ2) is 6.18. The monoisotopic (exact) mass is 235 g/mol. The van der Waals surface area contributed by atoms with Crippen LogP contribution < -0.4 is 5.32 Å². The van der Waals surface area contributed by atoms with E-state index < -0.39 is 0 Å². The van der Waals surface area contributed by atoms with E-state index >= 15 is 0 Å². The molecule has 96 valence electrons. The Kier molecular flexibility index (Phi) is 5.16. The van der Waals surface area contributed by atoms with Crippen LogP contribution in [0.15, 0.2) is 12.1 Å². The number of aryl methyl sites for hydroxylation is 3. The van der Waals surface area contributed by atoms with Crippen LogP contribution in [0.25, 0.3) is 0 Å². The number of benzene rings is 1. The average Bonchev–Trinajstić information content (AvgIpc) is 2.24. The van der Waals surface area contributed by atoms with Crippen molar-refractivity contribution in [2.45, 2.75) is 53.1 Å². The lowest BCUT2D eigenvalue weighted by Gasteiger charge is -2.24. The van der Waals surface area contributed by atoms with Gasteiger partial charge in [-0.05, 0) is 50.8 Å². The lowest BCUT2D eigenvalue weighted by molar-refractivity contribution is 0.230. The molecular formula is C15H25NO. The summed E-state index contributed by atoms with van der Waals surface area (Å²) in [5.41, 5.74) is 5.33. The van der Waals surface area contributed by atoms with Crippen LogP contribution in [0.1, 0.15) is 48.6 Å². The van der Waals surface area contributed by atoms with Crippen molar-refractivity contribution in [2.75, 3.05) is 6.61 Å². The highest BCUT2D eigenvalue weighted by atomic mass is 16.3. The second-order valence-electron chi connectivity index (χ2n) is 4.99. The summed E-state index contributed by atoms with van der Waals surface area (Å²) in [5.74, 6) is 0. The maximum atomic E-state index is 9.24. The standard InChI is InChI=1S/C15H25NO/c1-6-14(9-17)16-13(5)15-11(3)7-10(2)8-12(15)4/h7-8,13-14,16-17H,6,9H2,1-5H3/t13?,14-/m0/s1. The van der Waals surface area contributed by atoms with Crippen molar-refractivity contribution in [2.24, 2.45) is 0 Å². The quantitative estimate of drug-likeness (QED) is 0.822. The Morgan fingerprint density at radius 2 is 1.71 bits per heavy atom. The normalized spacial score (nSPS) is 14.7. The van der Waals surface area contributed by atoms with Gasteiger partial charge in [-0.25, -0.2) is 0 Å². The highest BCUT2D eigenvalue weighted by molar-refractivity contribution is 5.39. The third-order valence-corrected chi connectivity index (χ3v) is 3.37. The highest BCUT2D eigenvalue weighted by Gasteiger charge is 2.15. The SMILES string of the molecule is CC[C@@H](CO)NC(C)c1c(C)cc(C)cc1C. The molecule has 1 unspecified atom stereocenters. The molecule has 2 atom stereocenters. The molecule has 1 aromatic rings. The van der Waals surface area contributed by atoms with Crippen LogP contribution in [-0.2, 0) is 0 Å². The zero-order valence-corrected chi connectivity index (χ0v) is 11.7. The van der Waals surface area contributed by atoms with E-state index in [1.54, 1.807) is 0 Å². The molecule has 0 saturated heterocycles.